The molecule has 0 radical (unpaired) electrons. The number of amides is 5. The van der Waals surface area contributed by atoms with E-state index in [4.69, 9.17) is 0 Å². The fourth-order valence-corrected chi connectivity index (χ4v) is 3.07. The highest BCUT2D eigenvalue weighted by atomic mass is 16.2. The standard InChI is InChI=1S/C19H27N5O4/c1-4-11-20-15(25)12-23(3)13-16(26)22-24-17(27)19(5-2,21-18(24)28)14-9-7-6-8-10-14/h6-10H,4-5,11-13H2,1-3H3,(H,20,25)(H,21,28)(H,22,26)/t19-/m0/s1. The largest absolute Gasteiger partial charge is 0.355 e. The first-order chi connectivity index (χ1) is 13.3. The second-order valence-electron chi connectivity index (χ2n) is 6.75. The Morgan fingerprint density at radius 2 is 1.75 bits per heavy atom. The number of rotatable bonds is 9. The van der Waals surface area contributed by atoms with Crippen LogP contribution in [0.3, 0.4) is 0 Å². The molecular weight excluding hydrogens is 362 g/mol. The summed E-state index contributed by atoms with van der Waals surface area (Å²) >= 11 is 0. The van der Waals surface area contributed by atoms with Crippen LogP contribution in [0, 0.1) is 0 Å². The summed E-state index contributed by atoms with van der Waals surface area (Å²) in [7, 11) is 1.61. The maximum absolute atomic E-state index is 12.9. The topological polar surface area (TPSA) is 111 Å². The Balaban J connectivity index is 2.00. The Morgan fingerprint density at radius 3 is 2.36 bits per heavy atom. The van der Waals surface area contributed by atoms with Crippen molar-refractivity contribution in [1.82, 2.24) is 26.0 Å². The maximum atomic E-state index is 12.9. The van der Waals surface area contributed by atoms with Crippen LogP contribution >= 0.6 is 0 Å². The van der Waals surface area contributed by atoms with Gasteiger partial charge in [0.2, 0.25) is 5.91 Å². The fraction of sp³-hybridized carbons (Fsp3) is 0.474. The molecule has 0 aromatic heterocycles. The van der Waals surface area contributed by atoms with Crippen molar-refractivity contribution >= 4 is 23.8 Å². The van der Waals surface area contributed by atoms with E-state index in [-0.39, 0.29) is 19.0 Å². The van der Waals surface area contributed by atoms with E-state index in [0.29, 0.717) is 23.5 Å². The number of nitrogens with one attached hydrogen (secondary N) is 3. The van der Waals surface area contributed by atoms with Crippen molar-refractivity contribution in [2.24, 2.45) is 0 Å². The first kappa shape index (κ1) is 21.4. The molecule has 2 rings (SSSR count). The van der Waals surface area contributed by atoms with Gasteiger partial charge in [-0.25, -0.2) is 4.79 Å². The zero-order valence-electron chi connectivity index (χ0n) is 16.4. The van der Waals surface area contributed by atoms with Crippen LogP contribution in [0.5, 0.6) is 0 Å². The summed E-state index contributed by atoms with van der Waals surface area (Å²) < 4.78 is 0. The minimum atomic E-state index is -1.21. The molecule has 0 saturated carbocycles. The molecule has 1 aliphatic rings. The third-order valence-corrected chi connectivity index (χ3v) is 4.52. The molecule has 0 spiro atoms. The minimum absolute atomic E-state index is 0.0382. The van der Waals surface area contributed by atoms with Gasteiger partial charge in [-0.05, 0) is 25.5 Å². The van der Waals surface area contributed by atoms with Gasteiger partial charge in [-0.2, -0.15) is 5.01 Å². The molecule has 0 unspecified atom stereocenters. The number of hydrogen-bond acceptors (Lipinski definition) is 5. The third-order valence-electron chi connectivity index (χ3n) is 4.52. The van der Waals surface area contributed by atoms with Gasteiger partial charge < -0.3 is 10.6 Å². The first-order valence-electron chi connectivity index (χ1n) is 9.31. The Labute approximate surface area is 164 Å². The monoisotopic (exact) mass is 389 g/mol. The normalized spacial score (nSPS) is 18.9. The molecule has 1 heterocycles. The summed E-state index contributed by atoms with van der Waals surface area (Å²) in [5, 5.41) is 6.12. The third kappa shape index (κ3) is 4.66. The van der Waals surface area contributed by atoms with Crippen molar-refractivity contribution in [2.45, 2.75) is 32.2 Å². The number of carbonyl (C=O) groups excluding carboxylic acids is 4. The zero-order valence-corrected chi connectivity index (χ0v) is 16.4. The predicted octanol–water partition coefficient (Wildman–Crippen LogP) is 0.333. The molecule has 9 nitrogen and oxygen atoms in total. The number of hydrogen-bond donors (Lipinski definition) is 3. The number of urea groups is 1. The Kier molecular flexibility index (Phi) is 7.11. The van der Waals surface area contributed by atoms with Crippen LogP contribution in [0.4, 0.5) is 4.79 Å². The number of carbonyl (C=O) groups is 4. The molecular formula is C19H27N5O4. The summed E-state index contributed by atoms with van der Waals surface area (Å²) in [5.74, 6) is -1.29. The van der Waals surface area contributed by atoms with E-state index in [1.165, 1.54) is 4.90 Å². The second-order valence-corrected chi connectivity index (χ2v) is 6.75. The SMILES string of the molecule is CCCNC(=O)CN(C)CC(=O)NN1C(=O)N[C@@](CC)(c2ccccc2)C1=O. The lowest BCUT2D eigenvalue weighted by molar-refractivity contribution is -0.140. The van der Waals surface area contributed by atoms with Crippen molar-refractivity contribution in [3.8, 4) is 0 Å². The van der Waals surface area contributed by atoms with E-state index in [1.807, 2.05) is 13.0 Å². The molecule has 1 aromatic carbocycles. The average molecular weight is 389 g/mol. The molecule has 152 valence electrons. The number of imide groups is 1. The molecule has 0 bridgehead atoms. The van der Waals surface area contributed by atoms with Crippen LogP contribution in [-0.2, 0) is 19.9 Å². The summed E-state index contributed by atoms with van der Waals surface area (Å²) in [4.78, 5) is 50.8. The molecule has 28 heavy (non-hydrogen) atoms. The van der Waals surface area contributed by atoms with Gasteiger partial charge in [-0.1, -0.05) is 44.2 Å². The van der Waals surface area contributed by atoms with Crippen molar-refractivity contribution in [3.63, 3.8) is 0 Å². The lowest BCUT2D eigenvalue weighted by atomic mass is 9.87. The average Bonchev–Trinajstić information content (AvgIpc) is 2.92. The van der Waals surface area contributed by atoms with Gasteiger partial charge in [0.15, 0.2) is 0 Å². The lowest BCUT2D eigenvalue weighted by Crippen LogP contribution is -2.51. The van der Waals surface area contributed by atoms with E-state index in [2.05, 4.69) is 16.1 Å². The summed E-state index contributed by atoms with van der Waals surface area (Å²) in [6, 6.07) is 8.22. The molecule has 3 N–H and O–H groups in total. The number of likely N-dealkylation sites (N-methyl/N-ethyl adjacent to an activating group) is 1. The summed E-state index contributed by atoms with van der Waals surface area (Å²) in [6.45, 7) is 4.21. The van der Waals surface area contributed by atoms with Crippen LogP contribution in [0.2, 0.25) is 0 Å². The molecule has 1 aliphatic heterocycles. The molecule has 1 fully saturated rings. The van der Waals surface area contributed by atoms with Gasteiger partial charge in [-0.3, -0.25) is 24.7 Å². The first-order valence-corrected chi connectivity index (χ1v) is 9.31. The predicted molar refractivity (Wildman–Crippen MR) is 103 cm³/mol. The molecule has 1 saturated heterocycles. The van der Waals surface area contributed by atoms with E-state index in [0.717, 1.165) is 6.42 Å². The van der Waals surface area contributed by atoms with Crippen molar-refractivity contribution < 1.29 is 19.2 Å². The van der Waals surface area contributed by atoms with Gasteiger partial charge in [0.25, 0.3) is 11.8 Å². The Morgan fingerprint density at radius 1 is 1.11 bits per heavy atom. The van der Waals surface area contributed by atoms with Crippen LogP contribution in [0.15, 0.2) is 30.3 Å². The highest BCUT2D eigenvalue weighted by Crippen LogP contribution is 2.31. The molecule has 0 aliphatic carbocycles. The van der Waals surface area contributed by atoms with E-state index < -0.39 is 23.4 Å². The quantitative estimate of drug-likeness (QED) is 0.527. The number of benzene rings is 1. The number of nitrogens with zero attached hydrogens (tertiary/aromatic N) is 2. The molecule has 1 aromatic rings. The van der Waals surface area contributed by atoms with E-state index in [9.17, 15) is 19.2 Å². The Hall–Kier alpha value is -2.94. The van der Waals surface area contributed by atoms with E-state index >= 15 is 0 Å². The maximum Gasteiger partial charge on any atom is 0.344 e. The van der Waals surface area contributed by atoms with Gasteiger partial charge in [0.05, 0.1) is 13.1 Å². The van der Waals surface area contributed by atoms with Crippen molar-refractivity contribution in [1.29, 1.82) is 0 Å². The van der Waals surface area contributed by atoms with Crippen LogP contribution < -0.4 is 16.1 Å². The van der Waals surface area contributed by atoms with Crippen molar-refractivity contribution in [2.75, 3.05) is 26.7 Å². The summed E-state index contributed by atoms with van der Waals surface area (Å²) in [6.07, 6.45) is 1.16. The Bertz CT molecular complexity index is 739. The van der Waals surface area contributed by atoms with Gasteiger partial charge in [-0.15, -0.1) is 0 Å². The van der Waals surface area contributed by atoms with Crippen molar-refractivity contribution in [3.05, 3.63) is 35.9 Å². The minimum Gasteiger partial charge on any atom is -0.355 e. The van der Waals surface area contributed by atoms with Gasteiger partial charge in [0.1, 0.15) is 5.54 Å². The molecule has 1 atom stereocenters. The second kappa shape index (κ2) is 9.32. The van der Waals surface area contributed by atoms with Gasteiger partial charge in [0, 0.05) is 6.54 Å². The number of hydrazine groups is 1. The van der Waals surface area contributed by atoms with Crippen LogP contribution in [0.1, 0.15) is 32.3 Å². The highest BCUT2D eigenvalue weighted by molar-refractivity contribution is 6.08. The molecule has 9 heteroatoms. The van der Waals surface area contributed by atoms with Crippen LogP contribution in [-0.4, -0.2) is 60.3 Å². The van der Waals surface area contributed by atoms with Gasteiger partial charge >= 0.3 is 6.03 Å². The smallest absolute Gasteiger partial charge is 0.344 e. The van der Waals surface area contributed by atoms with Crippen LogP contribution in [0.25, 0.3) is 0 Å². The highest BCUT2D eigenvalue weighted by Gasteiger charge is 2.52. The summed E-state index contributed by atoms with van der Waals surface area (Å²) in [5.41, 5.74) is 1.78. The zero-order chi connectivity index (χ0) is 20.7. The molecule has 5 amide bonds. The lowest BCUT2D eigenvalue weighted by Gasteiger charge is -2.25. The fourth-order valence-electron chi connectivity index (χ4n) is 3.07. The van der Waals surface area contributed by atoms with E-state index in [1.54, 1.807) is 38.2 Å².